The summed E-state index contributed by atoms with van der Waals surface area (Å²) >= 11 is 0. The average molecular weight is 210 g/mol. The maximum absolute atomic E-state index is 3.69. The zero-order chi connectivity index (χ0) is 10.5. The van der Waals surface area contributed by atoms with Crippen LogP contribution in [-0.2, 0) is 0 Å². The van der Waals surface area contributed by atoms with E-state index in [0.29, 0.717) is 0 Å². The van der Waals surface area contributed by atoms with Crippen molar-refractivity contribution in [3.05, 3.63) is 0 Å². The molecule has 1 N–H and O–H groups in total. The summed E-state index contributed by atoms with van der Waals surface area (Å²) in [6.07, 6.45) is 8.69. The Bertz CT molecular complexity index is 175. The van der Waals surface area contributed by atoms with Crippen LogP contribution in [0.15, 0.2) is 0 Å². The molecule has 88 valence electrons. The molecule has 0 bridgehead atoms. The highest BCUT2D eigenvalue weighted by Crippen LogP contribution is 2.24. The van der Waals surface area contributed by atoms with Gasteiger partial charge in [-0.2, -0.15) is 0 Å². The van der Waals surface area contributed by atoms with Gasteiger partial charge < -0.3 is 5.32 Å². The predicted molar refractivity (Wildman–Crippen MR) is 65.1 cm³/mol. The lowest BCUT2D eigenvalue weighted by molar-refractivity contribution is 0.257. The van der Waals surface area contributed by atoms with E-state index in [1.54, 1.807) is 0 Å². The third kappa shape index (κ3) is 3.18. The lowest BCUT2D eigenvalue weighted by Crippen LogP contribution is -2.39. The molecule has 0 aromatic heterocycles. The standard InChI is InChI=1S/C13H26N2/c1-2-15-9-5-8-13(15)11-14-10-12-6-3-4-7-12/h12-14H,2-11H2,1H3. The Morgan fingerprint density at radius 2 is 1.87 bits per heavy atom. The second-order valence-corrected chi connectivity index (χ2v) is 5.23. The van der Waals surface area contributed by atoms with Crippen molar-refractivity contribution in [3.8, 4) is 0 Å². The van der Waals surface area contributed by atoms with Crippen molar-refractivity contribution in [3.63, 3.8) is 0 Å². The molecule has 2 aliphatic rings. The second kappa shape index (κ2) is 5.86. The molecule has 1 saturated carbocycles. The number of likely N-dealkylation sites (tertiary alicyclic amines) is 1. The van der Waals surface area contributed by atoms with E-state index in [-0.39, 0.29) is 0 Å². The van der Waals surface area contributed by atoms with Crippen LogP contribution in [0.5, 0.6) is 0 Å². The summed E-state index contributed by atoms with van der Waals surface area (Å²) in [6.45, 7) is 7.34. The molecule has 2 fully saturated rings. The van der Waals surface area contributed by atoms with Crippen molar-refractivity contribution >= 4 is 0 Å². The van der Waals surface area contributed by atoms with Crippen LogP contribution in [0.25, 0.3) is 0 Å². The van der Waals surface area contributed by atoms with E-state index in [1.165, 1.54) is 64.7 Å². The van der Waals surface area contributed by atoms with E-state index in [4.69, 9.17) is 0 Å². The summed E-state index contributed by atoms with van der Waals surface area (Å²) in [5.41, 5.74) is 0. The summed E-state index contributed by atoms with van der Waals surface area (Å²) in [6, 6.07) is 0.830. The van der Waals surface area contributed by atoms with Crippen molar-refractivity contribution in [2.45, 2.75) is 51.5 Å². The van der Waals surface area contributed by atoms with Gasteiger partial charge in [-0.15, -0.1) is 0 Å². The number of hydrogen-bond acceptors (Lipinski definition) is 2. The van der Waals surface area contributed by atoms with Gasteiger partial charge in [-0.25, -0.2) is 0 Å². The molecular weight excluding hydrogens is 184 g/mol. The number of hydrogen-bond donors (Lipinski definition) is 1. The van der Waals surface area contributed by atoms with Gasteiger partial charge in [-0.1, -0.05) is 19.8 Å². The van der Waals surface area contributed by atoms with Gasteiger partial charge in [0.2, 0.25) is 0 Å². The minimum absolute atomic E-state index is 0.830. The van der Waals surface area contributed by atoms with Crippen LogP contribution in [0.2, 0.25) is 0 Å². The van der Waals surface area contributed by atoms with Gasteiger partial charge in [0.25, 0.3) is 0 Å². The summed E-state index contributed by atoms with van der Waals surface area (Å²) in [7, 11) is 0. The van der Waals surface area contributed by atoms with Gasteiger partial charge >= 0.3 is 0 Å². The highest BCUT2D eigenvalue weighted by Gasteiger charge is 2.22. The Labute approximate surface area is 94.4 Å². The smallest absolute Gasteiger partial charge is 0.0220 e. The molecule has 0 spiro atoms. The van der Waals surface area contributed by atoms with Gasteiger partial charge in [-0.3, -0.25) is 4.90 Å². The van der Waals surface area contributed by atoms with E-state index in [2.05, 4.69) is 17.1 Å². The Morgan fingerprint density at radius 1 is 1.07 bits per heavy atom. The molecule has 1 atom stereocenters. The van der Waals surface area contributed by atoms with Crippen molar-refractivity contribution in [2.24, 2.45) is 5.92 Å². The van der Waals surface area contributed by atoms with Crippen molar-refractivity contribution in [2.75, 3.05) is 26.2 Å². The molecule has 15 heavy (non-hydrogen) atoms. The summed E-state index contributed by atoms with van der Waals surface area (Å²) in [5.74, 6) is 0.987. The molecule has 0 aromatic carbocycles. The third-order valence-corrected chi connectivity index (χ3v) is 4.19. The molecule has 1 saturated heterocycles. The van der Waals surface area contributed by atoms with E-state index in [1.807, 2.05) is 0 Å². The SMILES string of the molecule is CCN1CCCC1CNCC1CCCC1. The zero-order valence-electron chi connectivity index (χ0n) is 10.2. The molecule has 0 aromatic rings. The zero-order valence-corrected chi connectivity index (χ0v) is 10.2. The lowest BCUT2D eigenvalue weighted by Gasteiger charge is -2.23. The quantitative estimate of drug-likeness (QED) is 0.749. The molecule has 1 aliphatic carbocycles. The van der Waals surface area contributed by atoms with E-state index >= 15 is 0 Å². The lowest BCUT2D eigenvalue weighted by atomic mass is 10.1. The van der Waals surface area contributed by atoms with E-state index in [0.717, 1.165) is 12.0 Å². The fourth-order valence-electron chi connectivity index (χ4n) is 3.21. The van der Waals surface area contributed by atoms with Crippen molar-refractivity contribution in [1.29, 1.82) is 0 Å². The van der Waals surface area contributed by atoms with Gasteiger partial charge in [-0.05, 0) is 51.2 Å². The predicted octanol–water partition coefficient (Wildman–Crippen LogP) is 2.25. The Morgan fingerprint density at radius 3 is 2.60 bits per heavy atom. The maximum atomic E-state index is 3.69. The highest BCUT2D eigenvalue weighted by atomic mass is 15.2. The molecule has 1 heterocycles. The van der Waals surface area contributed by atoms with Gasteiger partial charge in [0.05, 0.1) is 0 Å². The number of likely N-dealkylation sites (N-methyl/N-ethyl adjacent to an activating group) is 1. The third-order valence-electron chi connectivity index (χ3n) is 4.19. The van der Waals surface area contributed by atoms with Crippen LogP contribution in [0.3, 0.4) is 0 Å². The minimum Gasteiger partial charge on any atom is -0.315 e. The number of nitrogens with one attached hydrogen (secondary N) is 1. The normalized spacial score (nSPS) is 29.0. The molecular formula is C13H26N2. The van der Waals surface area contributed by atoms with E-state index in [9.17, 15) is 0 Å². The Kier molecular flexibility index (Phi) is 4.45. The second-order valence-electron chi connectivity index (χ2n) is 5.23. The average Bonchev–Trinajstić information content (AvgIpc) is 2.88. The number of rotatable bonds is 5. The van der Waals surface area contributed by atoms with Crippen LogP contribution in [0, 0.1) is 5.92 Å². The van der Waals surface area contributed by atoms with Gasteiger partial charge in [0, 0.05) is 12.6 Å². The van der Waals surface area contributed by atoms with Gasteiger partial charge in [0.15, 0.2) is 0 Å². The fraction of sp³-hybridized carbons (Fsp3) is 1.00. The van der Waals surface area contributed by atoms with Crippen LogP contribution >= 0.6 is 0 Å². The molecule has 0 radical (unpaired) electrons. The summed E-state index contributed by atoms with van der Waals surface area (Å²) in [4.78, 5) is 2.63. The first-order valence-corrected chi connectivity index (χ1v) is 6.85. The topological polar surface area (TPSA) is 15.3 Å². The maximum Gasteiger partial charge on any atom is 0.0220 e. The van der Waals surface area contributed by atoms with Crippen LogP contribution in [0.4, 0.5) is 0 Å². The molecule has 0 amide bonds. The van der Waals surface area contributed by atoms with Crippen LogP contribution < -0.4 is 5.32 Å². The van der Waals surface area contributed by atoms with Gasteiger partial charge in [0.1, 0.15) is 0 Å². The first kappa shape index (κ1) is 11.4. The molecule has 1 aliphatic heterocycles. The summed E-state index contributed by atoms with van der Waals surface area (Å²) in [5, 5.41) is 3.69. The van der Waals surface area contributed by atoms with Crippen LogP contribution in [0.1, 0.15) is 45.4 Å². The molecule has 2 nitrogen and oxygen atoms in total. The highest BCUT2D eigenvalue weighted by molar-refractivity contribution is 4.80. The van der Waals surface area contributed by atoms with Crippen LogP contribution in [-0.4, -0.2) is 37.1 Å². The Hall–Kier alpha value is -0.0800. The Balaban J connectivity index is 1.60. The summed E-state index contributed by atoms with van der Waals surface area (Å²) < 4.78 is 0. The number of nitrogens with zero attached hydrogens (tertiary/aromatic N) is 1. The fourth-order valence-corrected chi connectivity index (χ4v) is 3.21. The first-order chi connectivity index (χ1) is 7.40. The molecule has 2 rings (SSSR count). The monoisotopic (exact) mass is 210 g/mol. The molecule has 1 unspecified atom stereocenters. The minimum atomic E-state index is 0.830. The van der Waals surface area contributed by atoms with E-state index < -0.39 is 0 Å². The largest absolute Gasteiger partial charge is 0.315 e. The van der Waals surface area contributed by atoms with Crippen molar-refractivity contribution in [1.82, 2.24) is 10.2 Å². The van der Waals surface area contributed by atoms with Crippen molar-refractivity contribution < 1.29 is 0 Å². The first-order valence-electron chi connectivity index (χ1n) is 6.85. The molecule has 2 heteroatoms.